The van der Waals surface area contributed by atoms with Gasteiger partial charge in [0, 0.05) is 49.6 Å². The summed E-state index contributed by atoms with van der Waals surface area (Å²) in [4.78, 5) is 19.0. The Morgan fingerprint density at radius 2 is 1.83 bits per heavy atom. The maximum Gasteiger partial charge on any atom is 0.225 e. The van der Waals surface area contributed by atoms with E-state index >= 15 is 0 Å². The van der Waals surface area contributed by atoms with Crippen LogP contribution in [0.3, 0.4) is 0 Å². The molecule has 3 aliphatic rings. The lowest BCUT2D eigenvalue weighted by molar-refractivity contribution is -0.135. The van der Waals surface area contributed by atoms with Gasteiger partial charge >= 0.3 is 0 Å². The summed E-state index contributed by atoms with van der Waals surface area (Å²) in [5, 5.41) is 6.66. The summed E-state index contributed by atoms with van der Waals surface area (Å²) in [5.74, 6) is -0.0317. The van der Waals surface area contributed by atoms with E-state index in [9.17, 15) is 13.6 Å². The maximum absolute atomic E-state index is 14.0. The smallest absolute Gasteiger partial charge is 0.225 e. The Kier molecular flexibility index (Phi) is 6.01. The first-order chi connectivity index (χ1) is 14.1. The molecule has 3 unspecified atom stereocenters. The molecule has 7 heteroatoms. The Balaban J connectivity index is 1.28. The highest BCUT2D eigenvalue weighted by atomic mass is 19.1. The molecule has 1 saturated heterocycles. The van der Waals surface area contributed by atoms with Gasteiger partial charge < -0.3 is 15.5 Å². The van der Waals surface area contributed by atoms with Crippen LogP contribution in [0.25, 0.3) is 0 Å². The van der Waals surface area contributed by atoms with E-state index in [1.54, 1.807) is 7.05 Å². The fraction of sp³-hybridized carbons (Fsp3) is 0.636. The standard InChI is InChI=1S/C22H30F2N4O/c1-25-22(27-19-12-16(19)20-17(23)8-5-9-18(20)24)26-15-10-11-28(13-15)21(29)14-6-3-2-4-7-14/h5,8-9,14-16,19H,2-4,6-7,10-13H2,1H3,(H2,25,26,27). The van der Waals surface area contributed by atoms with Crippen molar-refractivity contribution in [2.45, 2.75) is 62.9 Å². The molecule has 158 valence electrons. The van der Waals surface area contributed by atoms with Crippen molar-refractivity contribution in [3.63, 3.8) is 0 Å². The lowest BCUT2D eigenvalue weighted by Gasteiger charge is -2.26. The van der Waals surface area contributed by atoms with Crippen molar-refractivity contribution < 1.29 is 13.6 Å². The van der Waals surface area contributed by atoms with E-state index in [4.69, 9.17) is 0 Å². The van der Waals surface area contributed by atoms with Gasteiger partial charge in [0.1, 0.15) is 11.6 Å². The fourth-order valence-electron chi connectivity index (χ4n) is 4.76. The van der Waals surface area contributed by atoms with Crippen LogP contribution >= 0.6 is 0 Å². The van der Waals surface area contributed by atoms with E-state index in [1.807, 2.05) is 4.90 Å². The summed E-state index contributed by atoms with van der Waals surface area (Å²) in [6.07, 6.45) is 7.17. The SMILES string of the molecule is CN=C(NC1CCN(C(=O)C2CCCCC2)C1)NC1CC1c1c(F)cccc1F. The van der Waals surface area contributed by atoms with E-state index in [0.29, 0.717) is 24.8 Å². The number of carbonyl (C=O) groups excluding carboxylic acids is 1. The molecular weight excluding hydrogens is 374 g/mol. The quantitative estimate of drug-likeness (QED) is 0.599. The van der Waals surface area contributed by atoms with Crippen LogP contribution in [0, 0.1) is 17.6 Å². The number of carbonyl (C=O) groups is 1. The highest BCUT2D eigenvalue weighted by Gasteiger charge is 2.42. The van der Waals surface area contributed by atoms with E-state index in [2.05, 4.69) is 15.6 Å². The van der Waals surface area contributed by atoms with Gasteiger partial charge in [-0.15, -0.1) is 0 Å². The summed E-state index contributed by atoms with van der Waals surface area (Å²) in [5.41, 5.74) is 0.158. The summed E-state index contributed by atoms with van der Waals surface area (Å²) in [6.45, 7) is 1.46. The van der Waals surface area contributed by atoms with Gasteiger partial charge in [0.25, 0.3) is 0 Å². The molecule has 2 aliphatic carbocycles. The third-order valence-corrected chi connectivity index (χ3v) is 6.50. The number of guanidine groups is 1. The van der Waals surface area contributed by atoms with Crippen LogP contribution in [0.2, 0.25) is 0 Å². The number of benzene rings is 1. The third kappa shape index (κ3) is 4.54. The first-order valence-corrected chi connectivity index (χ1v) is 10.8. The molecule has 3 atom stereocenters. The van der Waals surface area contributed by atoms with Gasteiger partial charge in [-0.3, -0.25) is 9.79 Å². The van der Waals surface area contributed by atoms with Crippen molar-refractivity contribution in [2.75, 3.05) is 20.1 Å². The zero-order valence-electron chi connectivity index (χ0n) is 17.0. The van der Waals surface area contributed by atoms with Crippen LogP contribution in [0.1, 0.15) is 56.4 Å². The minimum atomic E-state index is -0.491. The van der Waals surface area contributed by atoms with Crippen LogP contribution < -0.4 is 10.6 Å². The molecule has 1 heterocycles. The van der Waals surface area contributed by atoms with Crippen LogP contribution in [0.4, 0.5) is 8.78 Å². The van der Waals surface area contributed by atoms with Gasteiger partial charge in [-0.05, 0) is 37.8 Å². The van der Waals surface area contributed by atoms with Gasteiger partial charge in [0.2, 0.25) is 5.91 Å². The summed E-state index contributed by atoms with van der Waals surface area (Å²) >= 11 is 0. The number of rotatable bonds is 4. The minimum Gasteiger partial charge on any atom is -0.353 e. The Labute approximate surface area is 171 Å². The van der Waals surface area contributed by atoms with Crippen LogP contribution in [-0.2, 0) is 4.79 Å². The number of nitrogens with zero attached hydrogens (tertiary/aromatic N) is 2. The monoisotopic (exact) mass is 404 g/mol. The molecule has 0 spiro atoms. The zero-order valence-corrected chi connectivity index (χ0v) is 17.0. The molecule has 0 aromatic heterocycles. The molecule has 29 heavy (non-hydrogen) atoms. The van der Waals surface area contributed by atoms with Crippen molar-refractivity contribution in [2.24, 2.45) is 10.9 Å². The summed E-state index contributed by atoms with van der Waals surface area (Å²) < 4.78 is 28.0. The van der Waals surface area contributed by atoms with E-state index < -0.39 is 11.6 Å². The predicted molar refractivity (Wildman–Crippen MR) is 109 cm³/mol. The second-order valence-electron chi connectivity index (χ2n) is 8.55. The number of amides is 1. The molecule has 1 aromatic carbocycles. The maximum atomic E-state index is 14.0. The number of nitrogens with one attached hydrogen (secondary N) is 2. The topological polar surface area (TPSA) is 56.7 Å². The largest absolute Gasteiger partial charge is 0.353 e. The van der Waals surface area contributed by atoms with E-state index in [0.717, 1.165) is 38.6 Å². The van der Waals surface area contributed by atoms with Crippen molar-refractivity contribution >= 4 is 11.9 Å². The number of halogens is 2. The molecule has 2 N–H and O–H groups in total. The first kappa shape index (κ1) is 20.1. The normalized spacial score (nSPS) is 27.8. The zero-order chi connectivity index (χ0) is 20.4. The van der Waals surface area contributed by atoms with E-state index in [-0.39, 0.29) is 29.5 Å². The molecule has 2 saturated carbocycles. The summed E-state index contributed by atoms with van der Waals surface area (Å²) in [7, 11) is 1.69. The number of aliphatic imine (C=N–C) groups is 1. The second kappa shape index (κ2) is 8.67. The lowest BCUT2D eigenvalue weighted by atomic mass is 9.88. The highest BCUT2D eigenvalue weighted by molar-refractivity contribution is 5.82. The first-order valence-electron chi connectivity index (χ1n) is 10.8. The van der Waals surface area contributed by atoms with Gasteiger partial charge in [0.15, 0.2) is 5.96 Å². The molecular formula is C22H30F2N4O. The van der Waals surface area contributed by atoms with Crippen molar-refractivity contribution in [3.8, 4) is 0 Å². The molecule has 3 fully saturated rings. The average molecular weight is 405 g/mol. The molecule has 1 aromatic rings. The molecule has 4 rings (SSSR count). The molecule has 1 aliphatic heterocycles. The minimum absolute atomic E-state index is 0.0334. The molecule has 0 radical (unpaired) electrons. The number of likely N-dealkylation sites (tertiary alicyclic amines) is 1. The van der Waals surface area contributed by atoms with E-state index in [1.165, 1.54) is 24.6 Å². The van der Waals surface area contributed by atoms with Gasteiger partial charge in [-0.1, -0.05) is 25.3 Å². The number of hydrogen-bond donors (Lipinski definition) is 2. The average Bonchev–Trinajstić information content (AvgIpc) is 3.31. The molecule has 5 nitrogen and oxygen atoms in total. The Morgan fingerprint density at radius 3 is 2.52 bits per heavy atom. The number of hydrogen-bond acceptors (Lipinski definition) is 2. The van der Waals surface area contributed by atoms with Crippen LogP contribution in [0.15, 0.2) is 23.2 Å². The molecule has 0 bridgehead atoms. The highest BCUT2D eigenvalue weighted by Crippen LogP contribution is 2.43. The van der Waals surface area contributed by atoms with Gasteiger partial charge in [0.05, 0.1) is 0 Å². The Hall–Kier alpha value is -2.18. The van der Waals surface area contributed by atoms with Crippen LogP contribution in [-0.4, -0.2) is 49.0 Å². The van der Waals surface area contributed by atoms with Crippen molar-refractivity contribution in [1.29, 1.82) is 0 Å². The predicted octanol–water partition coefficient (Wildman–Crippen LogP) is 3.17. The van der Waals surface area contributed by atoms with Gasteiger partial charge in [-0.2, -0.15) is 0 Å². The Morgan fingerprint density at radius 1 is 1.10 bits per heavy atom. The second-order valence-corrected chi connectivity index (χ2v) is 8.55. The van der Waals surface area contributed by atoms with Crippen LogP contribution in [0.5, 0.6) is 0 Å². The lowest BCUT2D eigenvalue weighted by Crippen LogP contribution is -2.46. The summed E-state index contributed by atoms with van der Waals surface area (Å²) in [6, 6.07) is 4.11. The van der Waals surface area contributed by atoms with Gasteiger partial charge in [-0.25, -0.2) is 8.78 Å². The van der Waals surface area contributed by atoms with Crippen molar-refractivity contribution in [3.05, 3.63) is 35.4 Å². The Bertz CT molecular complexity index is 758. The third-order valence-electron chi connectivity index (χ3n) is 6.50. The molecule has 1 amide bonds. The van der Waals surface area contributed by atoms with Crippen molar-refractivity contribution in [1.82, 2.24) is 15.5 Å². The fourth-order valence-corrected chi connectivity index (χ4v) is 4.76.